The van der Waals surface area contributed by atoms with Crippen LogP contribution in [0.2, 0.25) is 0 Å². The summed E-state index contributed by atoms with van der Waals surface area (Å²) in [4.78, 5) is 8.21. The number of pyridine rings is 1. The minimum Gasteiger partial charge on any atom is -0.370 e. The summed E-state index contributed by atoms with van der Waals surface area (Å²) >= 11 is 1.84. The largest absolute Gasteiger partial charge is 0.370 e. The van der Waals surface area contributed by atoms with Crippen LogP contribution in [0.25, 0.3) is 0 Å². The molecular weight excluding hydrogens is 292 g/mol. The van der Waals surface area contributed by atoms with Crippen LogP contribution in [0.1, 0.15) is 29.3 Å². The maximum Gasteiger partial charge on any atom is 0.125 e. The van der Waals surface area contributed by atoms with Crippen LogP contribution in [0.5, 0.6) is 0 Å². The highest BCUT2D eigenvalue weighted by Crippen LogP contribution is 2.37. The summed E-state index contributed by atoms with van der Waals surface area (Å²) in [5.74, 6) is 1.42. The molecule has 0 aromatic carbocycles. The van der Waals surface area contributed by atoms with Gasteiger partial charge >= 0.3 is 0 Å². The van der Waals surface area contributed by atoms with E-state index in [2.05, 4.69) is 45.8 Å². The minimum atomic E-state index is 0.486. The third kappa shape index (κ3) is 3.29. The van der Waals surface area contributed by atoms with Gasteiger partial charge in [-0.1, -0.05) is 6.07 Å². The molecule has 2 atom stereocenters. The van der Waals surface area contributed by atoms with Gasteiger partial charge in [0, 0.05) is 23.7 Å². The lowest BCUT2D eigenvalue weighted by Gasteiger charge is -2.39. The second kappa shape index (κ2) is 6.91. The summed E-state index contributed by atoms with van der Waals surface area (Å²) in [5, 5.41) is 14.4. The van der Waals surface area contributed by atoms with E-state index in [1.165, 1.54) is 17.7 Å². The predicted molar refractivity (Wildman–Crippen MR) is 89.9 cm³/mol. The van der Waals surface area contributed by atoms with E-state index in [0.717, 1.165) is 18.9 Å². The zero-order chi connectivity index (χ0) is 15.4. The first-order valence-corrected chi connectivity index (χ1v) is 8.49. The van der Waals surface area contributed by atoms with Crippen LogP contribution < -0.4 is 5.32 Å². The van der Waals surface area contributed by atoms with Crippen molar-refractivity contribution in [1.29, 1.82) is 5.26 Å². The maximum absolute atomic E-state index is 8.82. The van der Waals surface area contributed by atoms with Gasteiger partial charge in [-0.25, -0.2) is 4.98 Å². The van der Waals surface area contributed by atoms with Crippen LogP contribution in [0.3, 0.4) is 0 Å². The SMILES string of the molecule is CN1CCCC(CNc2ccc(C#N)cn2)C1c1cccs1. The Labute approximate surface area is 135 Å². The molecule has 1 aliphatic rings. The molecule has 3 heterocycles. The van der Waals surface area contributed by atoms with E-state index < -0.39 is 0 Å². The van der Waals surface area contributed by atoms with Crippen LogP contribution in [-0.4, -0.2) is 30.0 Å². The van der Waals surface area contributed by atoms with Crippen molar-refractivity contribution in [3.63, 3.8) is 0 Å². The molecule has 2 aromatic heterocycles. The maximum atomic E-state index is 8.82. The second-order valence-electron chi connectivity index (χ2n) is 5.77. The second-order valence-corrected chi connectivity index (χ2v) is 6.75. The first-order valence-electron chi connectivity index (χ1n) is 7.61. The van der Waals surface area contributed by atoms with Gasteiger partial charge < -0.3 is 5.32 Å². The number of piperidine rings is 1. The quantitative estimate of drug-likeness (QED) is 0.938. The molecule has 3 rings (SSSR count). The number of nitrogens with one attached hydrogen (secondary N) is 1. The van der Waals surface area contributed by atoms with Crippen LogP contribution in [-0.2, 0) is 0 Å². The molecule has 1 aliphatic heterocycles. The van der Waals surface area contributed by atoms with Gasteiger partial charge in [-0.2, -0.15) is 5.26 Å². The molecular formula is C17H20N4S. The molecule has 5 heteroatoms. The Balaban J connectivity index is 1.68. The van der Waals surface area contributed by atoms with Crippen LogP contribution in [0.4, 0.5) is 5.82 Å². The van der Waals surface area contributed by atoms with E-state index in [0.29, 0.717) is 17.5 Å². The number of aromatic nitrogens is 1. The molecule has 1 N–H and O–H groups in total. The Morgan fingerprint density at radius 1 is 1.45 bits per heavy atom. The molecule has 1 saturated heterocycles. The van der Waals surface area contributed by atoms with Crippen molar-refractivity contribution in [2.24, 2.45) is 5.92 Å². The first-order chi connectivity index (χ1) is 10.8. The Hall–Kier alpha value is -1.90. The predicted octanol–water partition coefficient (Wildman–Crippen LogP) is 3.51. The Morgan fingerprint density at radius 3 is 3.05 bits per heavy atom. The van der Waals surface area contributed by atoms with Crippen molar-refractivity contribution in [2.75, 3.05) is 25.5 Å². The van der Waals surface area contributed by atoms with Crippen LogP contribution in [0, 0.1) is 17.2 Å². The fourth-order valence-corrected chi connectivity index (χ4v) is 4.17. The molecule has 22 heavy (non-hydrogen) atoms. The third-order valence-electron chi connectivity index (χ3n) is 4.28. The fraction of sp³-hybridized carbons (Fsp3) is 0.412. The van der Waals surface area contributed by atoms with Gasteiger partial charge in [0.05, 0.1) is 5.56 Å². The molecule has 2 unspecified atom stereocenters. The number of nitrogens with zero attached hydrogens (tertiary/aromatic N) is 3. The molecule has 0 radical (unpaired) electrons. The zero-order valence-electron chi connectivity index (χ0n) is 12.7. The fourth-order valence-electron chi connectivity index (χ4n) is 3.18. The van der Waals surface area contributed by atoms with Crippen molar-refractivity contribution < 1.29 is 0 Å². The number of likely N-dealkylation sites (tertiary alicyclic amines) is 1. The summed E-state index contributed by atoms with van der Waals surface area (Å²) in [7, 11) is 2.22. The van der Waals surface area contributed by atoms with E-state index >= 15 is 0 Å². The van der Waals surface area contributed by atoms with Gasteiger partial charge in [-0.3, -0.25) is 4.90 Å². The highest BCUT2D eigenvalue weighted by Gasteiger charge is 2.30. The highest BCUT2D eigenvalue weighted by atomic mass is 32.1. The lowest BCUT2D eigenvalue weighted by molar-refractivity contribution is 0.130. The van der Waals surface area contributed by atoms with E-state index in [1.54, 1.807) is 12.3 Å². The summed E-state index contributed by atoms with van der Waals surface area (Å²) in [6.07, 6.45) is 4.09. The van der Waals surface area contributed by atoms with E-state index in [-0.39, 0.29) is 0 Å². The third-order valence-corrected chi connectivity index (χ3v) is 5.22. The molecule has 0 spiro atoms. The average Bonchev–Trinajstić information content (AvgIpc) is 3.07. The molecule has 4 nitrogen and oxygen atoms in total. The average molecular weight is 312 g/mol. The van der Waals surface area contributed by atoms with Crippen molar-refractivity contribution >= 4 is 17.2 Å². The lowest BCUT2D eigenvalue weighted by atomic mass is 9.88. The molecule has 114 valence electrons. The first kappa shape index (κ1) is 15.0. The van der Waals surface area contributed by atoms with Gasteiger partial charge in [0.15, 0.2) is 0 Å². The summed E-state index contributed by atoms with van der Waals surface area (Å²) in [6, 6.07) is 10.6. The van der Waals surface area contributed by atoms with Crippen molar-refractivity contribution in [3.05, 3.63) is 46.3 Å². The molecule has 0 amide bonds. The normalized spacial score (nSPS) is 22.2. The van der Waals surface area contributed by atoms with Crippen molar-refractivity contribution in [3.8, 4) is 6.07 Å². The Kier molecular flexibility index (Phi) is 4.71. The molecule has 0 saturated carbocycles. The topological polar surface area (TPSA) is 52.0 Å². The zero-order valence-corrected chi connectivity index (χ0v) is 13.5. The smallest absolute Gasteiger partial charge is 0.125 e. The van der Waals surface area contributed by atoms with Crippen LogP contribution in [0.15, 0.2) is 35.8 Å². The highest BCUT2D eigenvalue weighted by molar-refractivity contribution is 7.10. The van der Waals surface area contributed by atoms with E-state index in [1.807, 2.05) is 17.4 Å². The number of hydrogen-bond donors (Lipinski definition) is 1. The summed E-state index contributed by atoms with van der Waals surface area (Å²) in [6.45, 7) is 2.07. The van der Waals surface area contributed by atoms with Gasteiger partial charge in [0.1, 0.15) is 11.9 Å². The Morgan fingerprint density at radius 2 is 2.36 bits per heavy atom. The van der Waals surface area contributed by atoms with Gasteiger partial charge in [-0.05, 0) is 55.9 Å². The number of nitriles is 1. The van der Waals surface area contributed by atoms with E-state index in [9.17, 15) is 0 Å². The van der Waals surface area contributed by atoms with Crippen LogP contribution >= 0.6 is 11.3 Å². The van der Waals surface area contributed by atoms with Crippen molar-refractivity contribution in [2.45, 2.75) is 18.9 Å². The summed E-state index contributed by atoms with van der Waals surface area (Å²) < 4.78 is 0. The minimum absolute atomic E-state index is 0.486. The molecule has 2 aromatic rings. The molecule has 0 bridgehead atoms. The summed E-state index contributed by atoms with van der Waals surface area (Å²) in [5.41, 5.74) is 0.597. The van der Waals surface area contributed by atoms with Gasteiger partial charge in [0.25, 0.3) is 0 Å². The molecule has 1 fully saturated rings. The number of rotatable bonds is 4. The van der Waals surface area contributed by atoms with E-state index in [4.69, 9.17) is 5.26 Å². The van der Waals surface area contributed by atoms with Gasteiger partial charge in [0.2, 0.25) is 0 Å². The van der Waals surface area contributed by atoms with Crippen molar-refractivity contribution in [1.82, 2.24) is 9.88 Å². The Bertz CT molecular complexity index is 630. The number of anilines is 1. The number of thiophene rings is 1. The molecule has 0 aliphatic carbocycles. The standard InChI is InChI=1S/C17H20N4S/c1-21-8-2-4-14(17(21)15-5-3-9-22-15)12-20-16-7-6-13(10-18)11-19-16/h3,5-7,9,11,14,17H,2,4,8,12H2,1H3,(H,19,20). The lowest BCUT2D eigenvalue weighted by Crippen LogP contribution is -2.38. The van der Waals surface area contributed by atoms with Gasteiger partial charge in [-0.15, -0.1) is 11.3 Å². The number of hydrogen-bond acceptors (Lipinski definition) is 5. The monoisotopic (exact) mass is 312 g/mol.